The van der Waals surface area contributed by atoms with Crippen molar-refractivity contribution in [2.75, 3.05) is 18.6 Å². The van der Waals surface area contributed by atoms with Crippen molar-refractivity contribution >= 4 is 11.6 Å². The number of nitrogens with zero attached hydrogens (tertiary/aromatic N) is 1. The van der Waals surface area contributed by atoms with Gasteiger partial charge in [-0.25, -0.2) is 0 Å². The minimum atomic E-state index is 0.101. The number of benzene rings is 2. The van der Waals surface area contributed by atoms with E-state index in [9.17, 15) is 4.79 Å². The van der Waals surface area contributed by atoms with E-state index in [1.807, 2.05) is 61.5 Å². The second kappa shape index (κ2) is 6.75. The zero-order chi connectivity index (χ0) is 14.4. The lowest BCUT2D eigenvalue weighted by molar-refractivity contribution is -0.117. The summed E-state index contributed by atoms with van der Waals surface area (Å²) < 4.78 is 5.14. The molecule has 0 N–H and O–H groups in total. The van der Waals surface area contributed by atoms with E-state index in [1.54, 1.807) is 12.0 Å². The first-order chi connectivity index (χ1) is 9.74. The van der Waals surface area contributed by atoms with Crippen molar-refractivity contribution in [2.24, 2.45) is 0 Å². The summed E-state index contributed by atoms with van der Waals surface area (Å²) in [5.41, 5.74) is 1.93. The number of amides is 1. The van der Waals surface area contributed by atoms with Gasteiger partial charge in [-0.2, -0.15) is 0 Å². The monoisotopic (exact) mass is 269 g/mol. The van der Waals surface area contributed by atoms with E-state index in [1.165, 1.54) is 0 Å². The Kier molecular flexibility index (Phi) is 4.77. The Bertz CT molecular complexity index is 549. The van der Waals surface area contributed by atoms with Crippen molar-refractivity contribution in [3.05, 3.63) is 60.2 Å². The molecular weight excluding hydrogens is 250 g/mol. The van der Waals surface area contributed by atoms with Crippen molar-refractivity contribution < 1.29 is 9.53 Å². The highest BCUT2D eigenvalue weighted by molar-refractivity contribution is 5.94. The average molecular weight is 269 g/mol. The van der Waals surface area contributed by atoms with E-state index in [2.05, 4.69) is 0 Å². The summed E-state index contributed by atoms with van der Waals surface area (Å²) in [7, 11) is 1.63. The molecule has 0 heterocycles. The van der Waals surface area contributed by atoms with Crippen molar-refractivity contribution in [3.63, 3.8) is 0 Å². The van der Waals surface area contributed by atoms with Crippen LogP contribution in [-0.4, -0.2) is 19.6 Å². The predicted molar refractivity (Wildman–Crippen MR) is 81.2 cm³/mol. The molecule has 0 aromatic heterocycles. The highest BCUT2D eigenvalue weighted by Gasteiger charge is 2.14. The van der Waals surface area contributed by atoms with E-state index in [0.717, 1.165) is 17.0 Å². The number of ether oxygens (including phenoxy) is 1. The van der Waals surface area contributed by atoms with Crippen LogP contribution in [-0.2, 0) is 11.2 Å². The maximum Gasteiger partial charge on any atom is 0.231 e. The van der Waals surface area contributed by atoms with Gasteiger partial charge >= 0.3 is 0 Å². The third-order valence-electron chi connectivity index (χ3n) is 3.20. The Labute approximate surface area is 119 Å². The van der Waals surface area contributed by atoms with Crippen LogP contribution in [0, 0.1) is 0 Å². The second-order valence-electron chi connectivity index (χ2n) is 4.50. The van der Waals surface area contributed by atoms with E-state index in [-0.39, 0.29) is 5.91 Å². The Morgan fingerprint density at radius 1 is 1.05 bits per heavy atom. The quantitative estimate of drug-likeness (QED) is 0.833. The molecule has 0 unspecified atom stereocenters. The Morgan fingerprint density at radius 2 is 1.70 bits per heavy atom. The molecule has 0 saturated heterocycles. The summed E-state index contributed by atoms with van der Waals surface area (Å²) in [5, 5.41) is 0. The minimum Gasteiger partial charge on any atom is -0.497 e. The summed E-state index contributed by atoms with van der Waals surface area (Å²) in [4.78, 5) is 14.2. The molecule has 0 fully saturated rings. The van der Waals surface area contributed by atoms with Crippen LogP contribution in [0.3, 0.4) is 0 Å². The number of hydrogen-bond acceptors (Lipinski definition) is 2. The van der Waals surface area contributed by atoms with E-state index in [4.69, 9.17) is 4.74 Å². The number of carbonyl (C=O) groups is 1. The fourth-order valence-corrected chi connectivity index (χ4v) is 2.13. The Morgan fingerprint density at radius 3 is 2.25 bits per heavy atom. The van der Waals surface area contributed by atoms with Crippen LogP contribution in [0.4, 0.5) is 5.69 Å². The zero-order valence-electron chi connectivity index (χ0n) is 11.9. The first-order valence-corrected chi connectivity index (χ1v) is 6.73. The van der Waals surface area contributed by atoms with Gasteiger partial charge in [0.15, 0.2) is 0 Å². The third-order valence-corrected chi connectivity index (χ3v) is 3.20. The highest BCUT2D eigenvalue weighted by Crippen LogP contribution is 2.20. The molecular formula is C17H19NO2. The van der Waals surface area contributed by atoms with Gasteiger partial charge in [-0.05, 0) is 36.8 Å². The van der Waals surface area contributed by atoms with Crippen LogP contribution < -0.4 is 9.64 Å². The third kappa shape index (κ3) is 3.38. The first kappa shape index (κ1) is 14.1. The van der Waals surface area contributed by atoms with Crippen molar-refractivity contribution in [1.29, 1.82) is 0 Å². The van der Waals surface area contributed by atoms with Gasteiger partial charge in [0, 0.05) is 12.2 Å². The van der Waals surface area contributed by atoms with Gasteiger partial charge in [-0.15, -0.1) is 0 Å². The molecule has 3 heteroatoms. The lowest BCUT2D eigenvalue weighted by Gasteiger charge is -2.21. The SMILES string of the molecule is CCN(C(=O)Cc1ccccc1)c1ccc(OC)cc1. The molecule has 2 rings (SSSR count). The predicted octanol–water partition coefficient (Wildman–Crippen LogP) is 3.29. The number of anilines is 1. The van der Waals surface area contributed by atoms with Crippen LogP contribution in [0.5, 0.6) is 5.75 Å². The molecule has 0 spiro atoms. The molecule has 1 amide bonds. The molecule has 2 aromatic rings. The fraction of sp³-hybridized carbons (Fsp3) is 0.235. The highest BCUT2D eigenvalue weighted by atomic mass is 16.5. The molecule has 0 aliphatic carbocycles. The van der Waals surface area contributed by atoms with Crippen LogP contribution in [0.25, 0.3) is 0 Å². The number of rotatable bonds is 5. The molecule has 0 bridgehead atoms. The van der Waals surface area contributed by atoms with Gasteiger partial charge in [0.05, 0.1) is 13.5 Å². The van der Waals surface area contributed by atoms with Gasteiger partial charge in [0.1, 0.15) is 5.75 Å². The summed E-state index contributed by atoms with van der Waals surface area (Å²) >= 11 is 0. The van der Waals surface area contributed by atoms with Gasteiger partial charge in [-0.3, -0.25) is 4.79 Å². The van der Waals surface area contributed by atoms with Gasteiger partial charge in [0.25, 0.3) is 0 Å². The van der Waals surface area contributed by atoms with Crippen LogP contribution in [0.2, 0.25) is 0 Å². The van der Waals surface area contributed by atoms with Crippen LogP contribution >= 0.6 is 0 Å². The standard InChI is InChI=1S/C17H19NO2/c1-3-18(15-9-11-16(20-2)12-10-15)17(19)13-14-7-5-4-6-8-14/h4-12H,3,13H2,1-2H3. The molecule has 104 valence electrons. The molecule has 0 aliphatic rings. The van der Waals surface area contributed by atoms with Gasteiger partial charge in [-0.1, -0.05) is 30.3 Å². The minimum absolute atomic E-state index is 0.101. The largest absolute Gasteiger partial charge is 0.497 e. The van der Waals surface area contributed by atoms with E-state index in [0.29, 0.717) is 13.0 Å². The maximum atomic E-state index is 12.4. The normalized spacial score (nSPS) is 10.1. The van der Waals surface area contributed by atoms with Crippen LogP contribution in [0.15, 0.2) is 54.6 Å². The summed E-state index contributed by atoms with van der Waals surface area (Å²) in [6, 6.07) is 17.4. The van der Waals surface area contributed by atoms with Crippen molar-refractivity contribution in [2.45, 2.75) is 13.3 Å². The first-order valence-electron chi connectivity index (χ1n) is 6.73. The number of methoxy groups -OCH3 is 1. The molecule has 3 nitrogen and oxygen atoms in total. The Hall–Kier alpha value is -2.29. The smallest absolute Gasteiger partial charge is 0.231 e. The molecule has 0 saturated carbocycles. The number of hydrogen-bond donors (Lipinski definition) is 0. The summed E-state index contributed by atoms with van der Waals surface area (Å²) in [6.45, 7) is 2.63. The summed E-state index contributed by atoms with van der Waals surface area (Å²) in [6.07, 6.45) is 0.417. The van der Waals surface area contributed by atoms with Crippen LogP contribution in [0.1, 0.15) is 12.5 Å². The van der Waals surface area contributed by atoms with E-state index < -0.39 is 0 Å². The zero-order valence-corrected chi connectivity index (χ0v) is 11.9. The second-order valence-corrected chi connectivity index (χ2v) is 4.50. The Balaban J connectivity index is 2.12. The lowest BCUT2D eigenvalue weighted by Crippen LogP contribution is -2.31. The maximum absolute atomic E-state index is 12.4. The average Bonchev–Trinajstić information content (AvgIpc) is 2.49. The molecule has 0 atom stereocenters. The number of likely N-dealkylation sites (N-methyl/N-ethyl adjacent to an activating group) is 1. The molecule has 0 aliphatic heterocycles. The van der Waals surface area contributed by atoms with Gasteiger partial charge < -0.3 is 9.64 Å². The van der Waals surface area contributed by atoms with Gasteiger partial charge in [0.2, 0.25) is 5.91 Å². The molecule has 0 radical (unpaired) electrons. The lowest BCUT2D eigenvalue weighted by atomic mass is 10.1. The fourth-order valence-electron chi connectivity index (χ4n) is 2.13. The molecule has 2 aromatic carbocycles. The molecule has 20 heavy (non-hydrogen) atoms. The summed E-state index contributed by atoms with van der Waals surface area (Å²) in [5.74, 6) is 0.893. The topological polar surface area (TPSA) is 29.5 Å². The number of carbonyl (C=O) groups excluding carboxylic acids is 1. The van der Waals surface area contributed by atoms with E-state index >= 15 is 0 Å². The van der Waals surface area contributed by atoms with Crippen molar-refractivity contribution in [3.8, 4) is 5.75 Å². The van der Waals surface area contributed by atoms with Crippen molar-refractivity contribution in [1.82, 2.24) is 0 Å².